The van der Waals surface area contributed by atoms with Gasteiger partial charge < -0.3 is 15.6 Å². The molecule has 2 bridgehead atoms. The third kappa shape index (κ3) is 2.20. The van der Waals surface area contributed by atoms with E-state index in [1.54, 1.807) is 0 Å². The minimum absolute atomic E-state index is 0.354. The molecule has 0 aromatic heterocycles. The van der Waals surface area contributed by atoms with Gasteiger partial charge in [-0.1, -0.05) is 0 Å². The molecule has 76 valence electrons. The Morgan fingerprint density at radius 1 is 1.38 bits per heavy atom. The number of hydrogen-bond acceptors (Lipinski definition) is 4. The van der Waals surface area contributed by atoms with Crippen LogP contribution in [0.4, 0.5) is 0 Å². The number of β-amino-alcohol motifs (C(OH)–C–C–N with tert-alkyl or cyclic N) is 1. The normalized spacial score (nSPS) is 36.5. The van der Waals surface area contributed by atoms with Gasteiger partial charge in [-0.2, -0.15) is 0 Å². The van der Waals surface area contributed by atoms with E-state index in [0.717, 1.165) is 13.1 Å². The third-order valence-electron chi connectivity index (χ3n) is 2.86. The van der Waals surface area contributed by atoms with Crippen molar-refractivity contribution < 1.29 is 9.84 Å². The van der Waals surface area contributed by atoms with Crippen molar-refractivity contribution in [3.05, 3.63) is 0 Å². The minimum Gasteiger partial charge on any atom is -0.390 e. The Kier molecular flexibility index (Phi) is 2.83. The highest BCUT2D eigenvalue weighted by molar-refractivity contribution is 4.85. The molecular formula is C9H18N2O2. The third-order valence-corrected chi connectivity index (χ3v) is 2.86. The number of hydrogen-bond donors (Lipinski definition) is 2. The van der Waals surface area contributed by atoms with Crippen molar-refractivity contribution in [3.8, 4) is 0 Å². The van der Waals surface area contributed by atoms with Gasteiger partial charge in [0.15, 0.2) is 0 Å². The molecule has 0 spiro atoms. The average Bonchev–Trinajstić information content (AvgIpc) is 2.46. The van der Waals surface area contributed by atoms with E-state index >= 15 is 0 Å². The van der Waals surface area contributed by atoms with Gasteiger partial charge in [-0.3, -0.25) is 4.90 Å². The van der Waals surface area contributed by atoms with Crippen LogP contribution in [0.5, 0.6) is 0 Å². The molecule has 2 saturated heterocycles. The highest BCUT2D eigenvalue weighted by atomic mass is 16.5. The zero-order chi connectivity index (χ0) is 9.26. The predicted octanol–water partition coefficient (Wildman–Crippen LogP) is -0.831. The molecule has 0 aromatic rings. The zero-order valence-electron chi connectivity index (χ0n) is 7.85. The van der Waals surface area contributed by atoms with Crippen LogP contribution >= 0.6 is 0 Å². The number of likely N-dealkylation sites (tertiary alicyclic amines) is 1. The Morgan fingerprint density at radius 2 is 2.00 bits per heavy atom. The molecule has 0 aromatic carbocycles. The second kappa shape index (κ2) is 3.92. The molecule has 2 aliphatic heterocycles. The molecular weight excluding hydrogens is 168 g/mol. The van der Waals surface area contributed by atoms with Gasteiger partial charge in [0, 0.05) is 26.2 Å². The Balaban J connectivity index is 1.81. The zero-order valence-corrected chi connectivity index (χ0v) is 7.85. The van der Waals surface area contributed by atoms with Gasteiger partial charge in [0.1, 0.15) is 0 Å². The molecule has 0 amide bonds. The van der Waals surface area contributed by atoms with Crippen molar-refractivity contribution in [3.63, 3.8) is 0 Å². The summed E-state index contributed by atoms with van der Waals surface area (Å²) in [5, 5.41) is 9.40. The summed E-state index contributed by atoms with van der Waals surface area (Å²) in [4.78, 5) is 2.27. The second-order valence-corrected chi connectivity index (χ2v) is 4.07. The van der Waals surface area contributed by atoms with Gasteiger partial charge >= 0.3 is 0 Å². The number of aliphatic hydroxyl groups excluding tert-OH is 1. The summed E-state index contributed by atoms with van der Waals surface area (Å²) < 4.78 is 5.69. The van der Waals surface area contributed by atoms with Crippen LogP contribution in [0.15, 0.2) is 0 Å². The molecule has 2 rings (SSSR count). The predicted molar refractivity (Wildman–Crippen MR) is 49.4 cm³/mol. The molecule has 13 heavy (non-hydrogen) atoms. The molecule has 3 unspecified atom stereocenters. The van der Waals surface area contributed by atoms with E-state index in [9.17, 15) is 5.11 Å². The first kappa shape index (κ1) is 9.40. The molecule has 0 aliphatic carbocycles. The molecule has 2 aliphatic rings. The van der Waals surface area contributed by atoms with Gasteiger partial charge in [-0.05, 0) is 12.8 Å². The highest BCUT2D eigenvalue weighted by Crippen LogP contribution is 2.25. The first-order chi connectivity index (χ1) is 6.28. The van der Waals surface area contributed by atoms with E-state index in [2.05, 4.69) is 4.90 Å². The van der Waals surface area contributed by atoms with Gasteiger partial charge in [0.25, 0.3) is 0 Å². The Morgan fingerprint density at radius 3 is 2.54 bits per heavy atom. The van der Waals surface area contributed by atoms with Crippen molar-refractivity contribution >= 4 is 0 Å². The van der Waals surface area contributed by atoms with Crippen LogP contribution in [0.2, 0.25) is 0 Å². The van der Waals surface area contributed by atoms with Crippen molar-refractivity contribution in [2.24, 2.45) is 5.73 Å². The number of nitrogens with two attached hydrogens (primary N) is 1. The fraction of sp³-hybridized carbons (Fsp3) is 1.00. The highest BCUT2D eigenvalue weighted by Gasteiger charge is 2.33. The maximum atomic E-state index is 9.40. The van der Waals surface area contributed by atoms with Crippen molar-refractivity contribution in [1.29, 1.82) is 0 Å². The van der Waals surface area contributed by atoms with Crippen molar-refractivity contribution in [1.82, 2.24) is 4.90 Å². The van der Waals surface area contributed by atoms with Crippen LogP contribution in [0, 0.1) is 0 Å². The monoisotopic (exact) mass is 186 g/mol. The largest absolute Gasteiger partial charge is 0.390 e. The van der Waals surface area contributed by atoms with Crippen LogP contribution in [-0.4, -0.2) is 54.5 Å². The molecule has 3 N–H and O–H groups in total. The molecule has 0 saturated carbocycles. The van der Waals surface area contributed by atoms with Gasteiger partial charge in [0.05, 0.1) is 18.3 Å². The first-order valence-electron chi connectivity index (χ1n) is 5.04. The van der Waals surface area contributed by atoms with Crippen LogP contribution < -0.4 is 5.73 Å². The van der Waals surface area contributed by atoms with Crippen LogP contribution in [0.25, 0.3) is 0 Å². The van der Waals surface area contributed by atoms with Crippen LogP contribution in [-0.2, 0) is 4.74 Å². The fourth-order valence-corrected chi connectivity index (χ4v) is 2.22. The molecule has 3 atom stereocenters. The maximum absolute atomic E-state index is 9.40. The summed E-state index contributed by atoms with van der Waals surface area (Å²) in [6.07, 6.45) is 2.80. The van der Waals surface area contributed by atoms with E-state index in [1.165, 1.54) is 12.8 Å². The number of aliphatic hydroxyl groups is 1. The van der Waals surface area contributed by atoms with E-state index < -0.39 is 0 Å². The quantitative estimate of drug-likeness (QED) is 0.604. The van der Waals surface area contributed by atoms with Crippen LogP contribution in [0.1, 0.15) is 12.8 Å². The first-order valence-corrected chi connectivity index (χ1v) is 5.04. The molecule has 4 heteroatoms. The number of nitrogens with zero attached hydrogens (tertiary/aromatic N) is 1. The van der Waals surface area contributed by atoms with Gasteiger partial charge in [0.2, 0.25) is 0 Å². The lowest BCUT2D eigenvalue weighted by Gasteiger charge is -2.33. The average molecular weight is 186 g/mol. The van der Waals surface area contributed by atoms with Crippen LogP contribution in [0.3, 0.4) is 0 Å². The summed E-state index contributed by atoms with van der Waals surface area (Å²) in [5.74, 6) is 0. The number of ether oxygens (including phenoxy) is 1. The lowest BCUT2D eigenvalue weighted by atomic mass is 10.2. The summed E-state index contributed by atoms with van der Waals surface area (Å²) in [7, 11) is 0. The van der Waals surface area contributed by atoms with Gasteiger partial charge in [-0.15, -0.1) is 0 Å². The Labute approximate surface area is 78.7 Å². The molecule has 4 nitrogen and oxygen atoms in total. The van der Waals surface area contributed by atoms with Gasteiger partial charge in [-0.25, -0.2) is 0 Å². The summed E-state index contributed by atoms with van der Waals surface area (Å²) in [5.41, 5.74) is 5.37. The Hall–Kier alpha value is -0.160. The fourth-order valence-electron chi connectivity index (χ4n) is 2.22. The second-order valence-electron chi connectivity index (χ2n) is 4.07. The smallest absolute Gasteiger partial charge is 0.0789 e. The SMILES string of the molecule is NCC(O)CN1CC2CCC(C1)O2. The topological polar surface area (TPSA) is 58.7 Å². The summed E-state index contributed by atoms with van der Waals surface area (Å²) in [6, 6.07) is 0. The maximum Gasteiger partial charge on any atom is 0.0789 e. The lowest BCUT2D eigenvalue weighted by molar-refractivity contribution is -0.0485. The van der Waals surface area contributed by atoms with Crippen molar-refractivity contribution in [2.45, 2.75) is 31.2 Å². The standard InChI is InChI=1S/C9H18N2O2/c10-3-7(12)4-11-5-8-1-2-9(6-11)13-8/h7-9,12H,1-6,10H2. The number of morpholine rings is 1. The Bertz CT molecular complexity index is 165. The summed E-state index contributed by atoms with van der Waals surface area (Å²) >= 11 is 0. The number of fused-ring (bicyclic) bond motifs is 2. The molecule has 2 heterocycles. The van der Waals surface area contributed by atoms with E-state index in [4.69, 9.17) is 10.5 Å². The van der Waals surface area contributed by atoms with E-state index in [0.29, 0.717) is 25.3 Å². The minimum atomic E-state index is -0.377. The number of rotatable bonds is 3. The van der Waals surface area contributed by atoms with E-state index in [1.807, 2.05) is 0 Å². The summed E-state index contributed by atoms with van der Waals surface area (Å²) in [6.45, 7) is 2.99. The molecule has 2 fully saturated rings. The lowest BCUT2D eigenvalue weighted by Crippen LogP contribution is -2.46. The van der Waals surface area contributed by atoms with Crippen molar-refractivity contribution in [2.75, 3.05) is 26.2 Å². The van der Waals surface area contributed by atoms with E-state index in [-0.39, 0.29) is 6.10 Å². The molecule has 0 radical (unpaired) electrons.